The highest BCUT2D eigenvalue weighted by molar-refractivity contribution is 5.63. The Morgan fingerprint density at radius 3 is 1.76 bits per heavy atom. The summed E-state index contributed by atoms with van der Waals surface area (Å²) in [7, 11) is 0. The third-order valence-corrected chi connectivity index (χ3v) is 2.63. The average molecular weight is 301 g/mol. The molecule has 118 valence electrons. The maximum Gasteiger partial charge on any atom is 0.273 e. The van der Waals surface area contributed by atoms with Crippen molar-refractivity contribution in [3.05, 3.63) is 28.3 Å². The normalized spacial score (nSPS) is 13.5. The van der Waals surface area contributed by atoms with Crippen LogP contribution in [-0.2, 0) is 0 Å². The van der Waals surface area contributed by atoms with E-state index in [0.717, 1.165) is 0 Å². The van der Waals surface area contributed by atoms with E-state index in [1.807, 2.05) is 0 Å². The van der Waals surface area contributed by atoms with Crippen LogP contribution in [0.1, 0.15) is 0 Å². The number of anilines is 2. The van der Waals surface area contributed by atoms with Gasteiger partial charge in [-0.3, -0.25) is 10.1 Å². The molecule has 1 rings (SSSR count). The minimum atomic E-state index is -0.975. The zero-order valence-corrected chi connectivity index (χ0v) is 11.3. The lowest BCUT2D eigenvalue weighted by Gasteiger charge is -2.13. The monoisotopic (exact) mass is 301 g/mol. The van der Waals surface area contributed by atoms with E-state index in [1.54, 1.807) is 6.07 Å². The van der Waals surface area contributed by atoms with Crippen molar-refractivity contribution in [1.29, 1.82) is 0 Å². The highest BCUT2D eigenvalue weighted by Crippen LogP contribution is 2.24. The molecule has 2 atom stereocenters. The molecular formula is C12H19N3O6. The van der Waals surface area contributed by atoms with Crippen molar-refractivity contribution in [2.24, 2.45) is 0 Å². The number of aliphatic hydroxyl groups is 4. The number of rotatable bonds is 9. The summed E-state index contributed by atoms with van der Waals surface area (Å²) in [5.41, 5.74) is 0.606. The van der Waals surface area contributed by atoms with Gasteiger partial charge in [-0.25, -0.2) is 0 Å². The van der Waals surface area contributed by atoms with E-state index in [9.17, 15) is 20.3 Å². The van der Waals surface area contributed by atoms with E-state index in [-0.39, 0.29) is 18.8 Å². The second-order valence-corrected chi connectivity index (χ2v) is 4.46. The fourth-order valence-electron chi connectivity index (χ4n) is 1.52. The molecule has 0 fully saturated rings. The molecule has 21 heavy (non-hydrogen) atoms. The molecule has 0 radical (unpaired) electrons. The third kappa shape index (κ3) is 5.92. The fraction of sp³-hybridized carbons (Fsp3) is 0.500. The second-order valence-electron chi connectivity index (χ2n) is 4.46. The Morgan fingerprint density at radius 2 is 1.43 bits per heavy atom. The van der Waals surface area contributed by atoms with Crippen molar-refractivity contribution in [3.8, 4) is 0 Å². The molecular weight excluding hydrogens is 282 g/mol. The van der Waals surface area contributed by atoms with Gasteiger partial charge >= 0.3 is 0 Å². The predicted octanol–water partition coefficient (Wildman–Crippen LogP) is -0.875. The molecule has 0 saturated heterocycles. The van der Waals surface area contributed by atoms with Crippen molar-refractivity contribution >= 4 is 17.1 Å². The molecule has 0 amide bonds. The van der Waals surface area contributed by atoms with Crippen molar-refractivity contribution in [2.45, 2.75) is 12.2 Å². The number of non-ortho nitro benzene ring substituents is 1. The first kappa shape index (κ1) is 17.1. The quantitative estimate of drug-likeness (QED) is 0.254. The van der Waals surface area contributed by atoms with Crippen LogP contribution in [0.5, 0.6) is 0 Å². The van der Waals surface area contributed by atoms with Crippen molar-refractivity contribution in [2.75, 3.05) is 36.9 Å². The summed E-state index contributed by atoms with van der Waals surface area (Å²) in [6, 6.07) is 4.14. The number of hydrogen-bond acceptors (Lipinski definition) is 8. The maximum absolute atomic E-state index is 10.9. The van der Waals surface area contributed by atoms with Crippen LogP contribution in [-0.4, -0.2) is 63.9 Å². The topological polar surface area (TPSA) is 148 Å². The molecule has 0 heterocycles. The van der Waals surface area contributed by atoms with E-state index in [1.165, 1.54) is 12.1 Å². The van der Waals surface area contributed by atoms with Crippen LogP contribution in [0.2, 0.25) is 0 Å². The molecule has 0 aromatic heterocycles. The summed E-state index contributed by atoms with van der Waals surface area (Å²) in [4.78, 5) is 10.3. The standard InChI is InChI=1S/C12H19N3O6/c16-6-11(18)4-13-8-1-9(14-5-12(19)7-17)3-10(2-8)15(20)21/h1-3,11-14,16-19H,4-7H2. The van der Waals surface area contributed by atoms with Gasteiger partial charge in [0.2, 0.25) is 0 Å². The number of nitro groups is 1. The van der Waals surface area contributed by atoms with Crippen LogP contribution < -0.4 is 10.6 Å². The second kappa shape index (κ2) is 8.37. The van der Waals surface area contributed by atoms with Crippen molar-refractivity contribution in [3.63, 3.8) is 0 Å². The lowest BCUT2D eigenvalue weighted by molar-refractivity contribution is -0.384. The Kier molecular flexibility index (Phi) is 6.82. The van der Waals surface area contributed by atoms with Gasteiger partial charge in [0.1, 0.15) is 0 Å². The molecule has 0 saturated carbocycles. The van der Waals surface area contributed by atoms with Crippen LogP contribution in [0.3, 0.4) is 0 Å². The van der Waals surface area contributed by atoms with Crippen LogP contribution in [0.4, 0.5) is 17.1 Å². The number of aliphatic hydroxyl groups excluding tert-OH is 4. The Bertz CT molecular complexity index is 438. The highest BCUT2D eigenvalue weighted by Gasteiger charge is 2.11. The number of hydrogen-bond donors (Lipinski definition) is 6. The molecule has 0 aliphatic rings. The molecule has 0 bridgehead atoms. The van der Waals surface area contributed by atoms with Gasteiger partial charge in [0.15, 0.2) is 0 Å². The number of nitro benzene ring substituents is 1. The molecule has 1 aromatic rings. The van der Waals surface area contributed by atoms with Gasteiger partial charge in [0, 0.05) is 36.6 Å². The van der Waals surface area contributed by atoms with Gasteiger partial charge in [-0.2, -0.15) is 0 Å². The largest absolute Gasteiger partial charge is 0.394 e. The number of nitrogens with zero attached hydrogens (tertiary/aromatic N) is 1. The van der Waals surface area contributed by atoms with Gasteiger partial charge in [0.25, 0.3) is 5.69 Å². The number of benzene rings is 1. The molecule has 1 aromatic carbocycles. The SMILES string of the molecule is O=[N+]([O-])c1cc(NCC(O)CO)cc(NCC(O)CO)c1. The summed E-state index contributed by atoms with van der Waals surface area (Å²) < 4.78 is 0. The minimum absolute atomic E-state index is 0.0381. The summed E-state index contributed by atoms with van der Waals surface area (Å²) >= 11 is 0. The minimum Gasteiger partial charge on any atom is -0.394 e. The molecule has 0 aliphatic heterocycles. The van der Waals surface area contributed by atoms with Gasteiger partial charge in [0.05, 0.1) is 30.3 Å². The predicted molar refractivity (Wildman–Crippen MR) is 76.3 cm³/mol. The Morgan fingerprint density at radius 1 is 1.00 bits per heavy atom. The van der Waals surface area contributed by atoms with E-state index in [4.69, 9.17) is 10.2 Å². The van der Waals surface area contributed by atoms with E-state index < -0.39 is 30.3 Å². The maximum atomic E-state index is 10.9. The number of nitrogens with one attached hydrogen (secondary N) is 2. The Labute approximate surface area is 121 Å². The molecule has 2 unspecified atom stereocenters. The summed E-state index contributed by atoms with van der Waals surface area (Å²) in [6.07, 6.45) is -1.95. The van der Waals surface area contributed by atoms with Gasteiger partial charge < -0.3 is 31.1 Å². The highest BCUT2D eigenvalue weighted by atomic mass is 16.6. The Hall–Kier alpha value is -1.94. The Balaban J connectivity index is 2.82. The molecule has 0 aliphatic carbocycles. The zero-order valence-electron chi connectivity index (χ0n) is 11.3. The van der Waals surface area contributed by atoms with Crippen LogP contribution in [0.25, 0.3) is 0 Å². The van der Waals surface area contributed by atoms with Crippen LogP contribution >= 0.6 is 0 Å². The van der Waals surface area contributed by atoms with E-state index >= 15 is 0 Å². The first-order valence-electron chi connectivity index (χ1n) is 6.31. The lowest BCUT2D eigenvalue weighted by atomic mass is 10.2. The molecule has 6 N–H and O–H groups in total. The van der Waals surface area contributed by atoms with Crippen LogP contribution in [0, 0.1) is 10.1 Å². The summed E-state index contributed by atoms with van der Waals surface area (Å²) in [5, 5.41) is 52.3. The zero-order chi connectivity index (χ0) is 15.8. The summed E-state index contributed by atoms with van der Waals surface area (Å²) in [5.74, 6) is 0. The van der Waals surface area contributed by atoms with Gasteiger partial charge in [-0.05, 0) is 6.07 Å². The smallest absolute Gasteiger partial charge is 0.273 e. The fourth-order valence-corrected chi connectivity index (χ4v) is 1.52. The molecule has 9 heteroatoms. The lowest BCUT2D eigenvalue weighted by Crippen LogP contribution is -2.24. The van der Waals surface area contributed by atoms with Crippen molar-refractivity contribution in [1.82, 2.24) is 0 Å². The van der Waals surface area contributed by atoms with Gasteiger partial charge in [-0.15, -0.1) is 0 Å². The first-order valence-corrected chi connectivity index (χ1v) is 6.31. The first-order chi connectivity index (χ1) is 9.96. The third-order valence-electron chi connectivity index (χ3n) is 2.63. The van der Waals surface area contributed by atoms with Gasteiger partial charge in [-0.1, -0.05) is 0 Å². The molecule has 0 spiro atoms. The summed E-state index contributed by atoms with van der Waals surface area (Å²) in [6.45, 7) is -0.766. The molecule has 9 nitrogen and oxygen atoms in total. The van der Waals surface area contributed by atoms with Crippen molar-refractivity contribution < 1.29 is 25.3 Å². The van der Waals surface area contributed by atoms with E-state index in [2.05, 4.69) is 10.6 Å². The van der Waals surface area contributed by atoms with E-state index in [0.29, 0.717) is 11.4 Å². The van der Waals surface area contributed by atoms with Crippen LogP contribution in [0.15, 0.2) is 18.2 Å². The average Bonchev–Trinajstić information content (AvgIpc) is 2.49.